The number of fused-ring (bicyclic) bond motifs is 1. The molecule has 1 N–H and O–H groups in total. The minimum atomic E-state index is -0.800. The van der Waals surface area contributed by atoms with Crippen LogP contribution in [0.1, 0.15) is 19.4 Å². The summed E-state index contributed by atoms with van der Waals surface area (Å²) in [5, 5.41) is 2.68. The molecule has 1 aromatic carbocycles. The SMILES string of the molecule is CC(=O)OC(C)C(=O)NCc1ccc2c(c1)OCO2. The van der Waals surface area contributed by atoms with Crippen molar-refractivity contribution in [2.24, 2.45) is 0 Å². The van der Waals surface area contributed by atoms with Crippen LogP contribution in [0.25, 0.3) is 0 Å². The molecule has 2 rings (SSSR count). The molecule has 6 nitrogen and oxygen atoms in total. The minimum Gasteiger partial charge on any atom is -0.454 e. The van der Waals surface area contributed by atoms with Crippen molar-refractivity contribution in [2.45, 2.75) is 26.5 Å². The number of benzene rings is 1. The van der Waals surface area contributed by atoms with Gasteiger partial charge in [0.05, 0.1) is 0 Å². The Kier molecular flexibility index (Phi) is 3.89. The van der Waals surface area contributed by atoms with Gasteiger partial charge in [-0.05, 0) is 24.6 Å². The fourth-order valence-corrected chi connectivity index (χ4v) is 1.69. The summed E-state index contributed by atoms with van der Waals surface area (Å²) >= 11 is 0. The number of rotatable bonds is 4. The van der Waals surface area contributed by atoms with Gasteiger partial charge in [-0.2, -0.15) is 0 Å². The molecule has 1 unspecified atom stereocenters. The van der Waals surface area contributed by atoms with Gasteiger partial charge >= 0.3 is 5.97 Å². The van der Waals surface area contributed by atoms with Gasteiger partial charge in [0.1, 0.15) is 0 Å². The van der Waals surface area contributed by atoms with Gasteiger partial charge < -0.3 is 19.5 Å². The Morgan fingerprint density at radius 1 is 1.37 bits per heavy atom. The molecular formula is C13H15NO5. The van der Waals surface area contributed by atoms with Gasteiger partial charge in [0.25, 0.3) is 5.91 Å². The monoisotopic (exact) mass is 265 g/mol. The van der Waals surface area contributed by atoms with Crippen molar-refractivity contribution in [3.8, 4) is 11.5 Å². The van der Waals surface area contributed by atoms with Crippen LogP contribution in [0.2, 0.25) is 0 Å². The maximum Gasteiger partial charge on any atom is 0.303 e. The van der Waals surface area contributed by atoms with Crippen LogP contribution in [-0.2, 0) is 20.9 Å². The maximum absolute atomic E-state index is 11.6. The summed E-state index contributed by atoms with van der Waals surface area (Å²) in [7, 11) is 0. The standard InChI is InChI=1S/C13H15NO5/c1-8(19-9(2)15)13(16)14-6-10-3-4-11-12(5-10)18-7-17-11/h3-5,8H,6-7H2,1-2H3,(H,14,16). The first-order valence-electron chi connectivity index (χ1n) is 5.89. The number of carbonyl (C=O) groups excluding carboxylic acids is 2. The fraction of sp³-hybridized carbons (Fsp3) is 0.385. The molecule has 102 valence electrons. The summed E-state index contributed by atoms with van der Waals surface area (Å²) in [5.41, 5.74) is 0.882. The van der Waals surface area contributed by atoms with Crippen molar-refractivity contribution in [3.63, 3.8) is 0 Å². The van der Waals surface area contributed by atoms with E-state index in [0.29, 0.717) is 18.0 Å². The zero-order valence-electron chi connectivity index (χ0n) is 10.8. The summed E-state index contributed by atoms with van der Waals surface area (Å²) < 4.78 is 15.2. The molecule has 6 heteroatoms. The molecule has 1 heterocycles. The molecule has 0 saturated carbocycles. The lowest BCUT2D eigenvalue weighted by Gasteiger charge is -2.12. The second-order valence-corrected chi connectivity index (χ2v) is 4.16. The predicted molar refractivity (Wildman–Crippen MR) is 65.6 cm³/mol. The van der Waals surface area contributed by atoms with Gasteiger partial charge in [0.2, 0.25) is 6.79 Å². The highest BCUT2D eigenvalue weighted by Gasteiger charge is 2.16. The van der Waals surface area contributed by atoms with Crippen LogP contribution in [0.15, 0.2) is 18.2 Å². The quantitative estimate of drug-likeness (QED) is 0.821. The van der Waals surface area contributed by atoms with E-state index in [1.54, 1.807) is 12.1 Å². The Labute approximate surface area is 110 Å². The third kappa shape index (κ3) is 3.37. The van der Waals surface area contributed by atoms with Crippen molar-refractivity contribution in [1.29, 1.82) is 0 Å². The van der Waals surface area contributed by atoms with E-state index in [1.165, 1.54) is 13.8 Å². The van der Waals surface area contributed by atoms with Gasteiger partial charge in [0.15, 0.2) is 17.6 Å². The largest absolute Gasteiger partial charge is 0.454 e. The molecular weight excluding hydrogens is 250 g/mol. The van der Waals surface area contributed by atoms with E-state index in [-0.39, 0.29) is 12.7 Å². The summed E-state index contributed by atoms with van der Waals surface area (Å²) in [6.07, 6.45) is -0.800. The van der Waals surface area contributed by atoms with Crippen LogP contribution in [0.5, 0.6) is 11.5 Å². The van der Waals surface area contributed by atoms with Crippen molar-refractivity contribution in [3.05, 3.63) is 23.8 Å². The highest BCUT2D eigenvalue weighted by molar-refractivity contribution is 5.82. The second kappa shape index (κ2) is 5.60. The minimum absolute atomic E-state index is 0.217. The average Bonchev–Trinajstić information content (AvgIpc) is 2.82. The first-order chi connectivity index (χ1) is 9.06. The molecule has 1 aliphatic heterocycles. The van der Waals surface area contributed by atoms with Crippen LogP contribution in [0.4, 0.5) is 0 Å². The number of hydrogen-bond acceptors (Lipinski definition) is 5. The molecule has 0 radical (unpaired) electrons. The number of amides is 1. The molecule has 0 bridgehead atoms. The molecule has 0 aromatic heterocycles. The average molecular weight is 265 g/mol. The Morgan fingerprint density at radius 3 is 2.84 bits per heavy atom. The van der Waals surface area contributed by atoms with Gasteiger partial charge in [0, 0.05) is 13.5 Å². The fourth-order valence-electron chi connectivity index (χ4n) is 1.69. The first-order valence-corrected chi connectivity index (χ1v) is 5.89. The van der Waals surface area contributed by atoms with E-state index >= 15 is 0 Å². The van der Waals surface area contributed by atoms with Crippen LogP contribution < -0.4 is 14.8 Å². The number of hydrogen-bond donors (Lipinski definition) is 1. The zero-order chi connectivity index (χ0) is 13.8. The van der Waals surface area contributed by atoms with Gasteiger partial charge in [-0.15, -0.1) is 0 Å². The van der Waals surface area contributed by atoms with E-state index in [4.69, 9.17) is 14.2 Å². The number of ether oxygens (including phenoxy) is 3. The highest BCUT2D eigenvalue weighted by atomic mass is 16.7. The highest BCUT2D eigenvalue weighted by Crippen LogP contribution is 2.32. The van der Waals surface area contributed by atoms with E-state index in [0.717, 1.165) is 5.56 Å². The van der Waals surface area contributed by atoms with Crippen molar-refractivity contribution >= 4 is 11.9 Å². The van der Waals surface area contributed by atoms with Crippen molar-refractivity contribution in [2.75, 3.05) is 6.79 Å². The van der Waals surface area contributed by atoms with Crippen LogP contribution in [-0.4, -0.2) is 24.8 Å². The Hall–Kier alpha value is -2.24. The number of carbonyl (C=O) groups is 2. The smallest absolute Gasteiger partial charge is 0.303 e. The van der Waals surface area contributed by atoms with Crippen LogP contribution in [0.3, 0.4) is 0 Å². The summed E-state index contributed by atoms with van der Waals surface area (Å²) in [6, 6.07) is 5.43. The molecule has 19 heavy (non-hydrogen) atoms. The Bertz CT molecular complexity index is 500. The number of esters is 1. The van der Waals surface area contributed by atoms with E-state index < -0.39 is 12.1 Å². The lowest BCUT2D eigenvalue weighted by atomic mass is 10.2. The Balaban J connectivity index is 1.88. The second-order valence-electron chi connectivity index (χ2n) is 4.16. The third-order valence-corrected chi connectivity index (χ3v) is 2.62. The predicted octanol–water partition coefficient (Wildman–Crippen LogP) is 0.983. The normalized spacial score (nSPS) is 13.8. The van der Waals surface area contributed by atoms with Crippen LogP contribution >= 0.6 is 0 Å². The maximum atomic E-state index is 11.6. The topological polar surface area (TPSA) is 73.9 Å². The zero-order valence-corrected chi connectivity index (χ0v) is 10.8. The summed E-state index contributed by atoms with van der Waals surface area (Å²) in [4.78, 5) is 22.4. The Morgan fingerprint density at radius 2 is 2.11 bits per heavy atom. The molecule has 1 amide bonds. The third-order valence-electron chi connectivity index (χ3n) is 2.62. The molecule has 0 aliphatic carbocycles. The molecule has 0 saturated heterocycles. The molecule has 1 atom stereocenters. The van der Waals surface area contributed by atoms with Gasteiger partial charge in [-0.1, -0.05) is 6.07 Å². The van der Waals surface area contributed by atoms with Gasteiger partial charge in [-0.25, -0.2) is 0 Å². The number of nitrogens with one attached hydrogen (secondary N) is 1. The molecule has 0 spiro atoms. The lowest BCUT2D eigenvalue weighted by molar-refractivity contribution is -0.152. The molecule has 0 fully saturated rings. The lowest BCUT2D eigenvalue weighted by Crippen LogP contribution is -2.34. The summed E-state index contributed by atoms with van der Waals surface area (Å²) in [6.45, 7) is 3.34. The van der Waals surface area contributed by atoms with Crippen molar-refractivity contribution < 1.29 is 23.8 Å². The first kappa shape index (κ1) is 13.2. The molecule has 1 aromatic rings. The molecule has 1 aliphatic rings. The van der Waals surface area contributed by atoms with Crippen LogP contribution in [0, 0.1) is 0 Å². The van der Waals surface area contributed by atoms with Crippen molar-refractivity contribution in [1.82, 2.24) is 5.32 Å². The summed E-state index contributed by atoms with van der Waals surface area (Å²) in [5.74, 6) is 0.543. The van der Waals surface area contributed by atoms with E-state index in [9.17, 15) is 9.59 Å². The van der Waals surface area contributed by atoms with E-state index in [2.05, 4.69) is 5.32 Å². The van der Waals surface area contributed by atoms with E-state index in [1.807, 2.05) is 6.07 Å². The van der Waals surface area contributed by atoms with Gasteiger partial charge in [-0.3, -0.25) is 9.59 Å².